The van der Waals surface area contributed by atoms with Crippen LogP contribution in [0, 0.1) is 0 Å². The highest BCUT2D eigenvalue weighted by Crippen LogP contribution is 2.26. The Bertz CT molecular complexity index is 772. The number of rotatable bonds is 5. The van der Waals surface area contributed by atoms with Gasteiger partial charge in [0.05, 0.1) is 24.9 Å². The van der Waals surface area contributed by atoms with E-state index < -0.39 is 0 Å². The summed E-state index contributed by atoms with van der Waals surface area (Å²) in [6, 6.07) is 12.7. The summed E-state index contributed by atoms with van der Waals surface area (Å²) in [5, 5.41) is 0. The second kappa shape index (κ2) is 6.75. The van der Waals surface area contributed by atoms with Crippen LogP contribution in [0.2, 0.25) is 0 Å². The van der Waals surface area contributed by atoms with Crippen LogP contribution < -0.4 is 4.74 Å². The molecule has 0 N–H and O–H groups in total. The maximum Gasteiger partial charge on any atom is 0.262 e. The van der Waals surface area contributed by atoms with Crippen LogP contribution in [0.5, 0.6) is 5.75 Å². The molecule has 124 valence electrons. The molecule has 0 aliphatic carbocycles. The maximum atomic E-state index is 12.4. The highest BCUT2D eigenvalue weighted by Gasteiger charge is 2.35. The summed E-state index contributed by atoms with van der Waals surface area (Å²) in [6.07, 6.45) is 0. The zero-order valence-corrected chi connectivity index (χ0v) is 15.0. The smallest absolute Gasteiger partial charge is 0.262 e. The predicted molar refractivity (Wildman–Crippen MR) is 94.0 cm³/mol. The maximum absolute atomic E-state index is 12.4. The van der Waals surface area contributed by atoms with Crippen LogP contribution in [-0.2, 0) is 6.54 Å². The molecular formula is C18H17BrN2O3. The number of halogens is 1. The van der Waals surface area contributed by atoms with E-state index >= 15 is 0 Å². The molecule has 24 heavy (non-hydrogen) atoms. The fraction of sp³-hybridized carbons (Fsp3) is 0.222. The van der Waals surface area contributed by atoms with Gasteiger partial charge in [-0.15, -0.1) is 0 Å². The van der Waals surface area contributed by atoms with E-state index in [2.05, 4.69) is 15.9 Å². The molecule has 3 rings (SSSR count). The summed E-state index contributed by atoms with van der Waals surface area (Å²) in [5.41, 5.74) is 1.91. The van der Waals surface area contributed by atoms with Crippen molar-refractivity contribution in [2.24, 2.45) is 0 Å². The molecule has 0 radical (unpaired) electrons. The van der Waals surface area contributed by atoms with Crippen LogP contribution in [0.25, 0.3) is 0 Å². The van der Waals surface area contributed by atoms with Gasteiger partial charge >= 0.3 is 0 Å². The monoisotopic (exact) mass is 388 g/mol. The van der Waals surface area contributed by atoms with E-state index in [0.29, 0.717) is 17.7 Å². The molecule has 0 aromatic heterocycles. The molecule has 0 saturated carbocycles. The van der Waals surface area contributed by atoms with Gasteiger partial charge in [0, 0.05) is 16.6 Å². The minimum Gasteiger partial charge on any atom is -0.496 e. The fourth-order valence-corrected chi connectivity index (χ4v) is 3.23. The molecule has 2 aromatic rings. The first-order valence-corrected chi connectivity index (χ1v) is 8.26. The van der Waals surface area contributed by atoms with E-state index in [1.165, 1.54) is 4.90 Å². The van der Waals surface area contributed by atoms with Crippen LogP contribution in [0.15, 0.2) is 46.9 Å². The number of ether oxygens (including phenoxy) is 1. The Labute approximate surface area is 148 Å². The molecule has 0 bridgehead atoms. The highest BCUT2D eigenvalue weighted by molar-refractivity contribution is 9.10. The zero-order valence-electron chi connectivity index (χ0n) is 13.5. The molecular weight excluding hydrogens is 372 g/mol. The normalized spacial score (nSPS) is 13.6. The van der Waals surface area contributed by atoms with Crippen molar-refractivity contribution in [2.45, 2.75) is 6.54 Å². The second-order valence-electron chi connectivity index (χ2n) is 5.70. The second-order valence-corrected chi connectivity index (χ2v) is 6.61. The highest BCUT2D eigenvalue weighted by atomic mass is 79.9. The lowest BCUT2D eigenvalue weighted by molar-refractivity contribution is 0.0558. The summed E-state index contributed by atoms with van der Waals surface area (Å²) in [5.74, 6) is 0.278. The average molecular weight is 389 g/mol. The summed E-state index contributed by atoms with van der Waals surface area (Å²) < 4.78 is 6.32. The number of benzene rings is 2. The number of carbonyl (C=O) groups excluding carboxylic acids is 2. The van der Waals surface area contributed by atoms with Gasteiger partial charge in [-0.25, -0.2) is 0 Å². The standard InChI is InChI=1S/C18H17BrN2O3/c1-20(10-12-9-13(19)7-8-16(12)24-2)11-21-17(22)14-5-3-4-6-15(14)18(21)23/h3-9H,10-11H2,1-2H3. The van der Waals surface area contributed by atoms with Crippen molar-refractivity contribution in [1.29, 1.82) is 0 Å². The Morgan fingerprint density at radius 2 is 1.71 bits per heavy atom. The van der Waals surface area contributed by atoms with Crippen LogP contribution in [-0.4, -0.2) is 42.4 Å². The molecule has 0 saturated heterocycles. The van der Waals surface area contributed by atoms with Crippen LogP contribution in [0.3, 0.4) is 0 Å². The van der Waals surface area contributed by atoms with Gasteiger partial charge in [-0.1, -0.05) is 28.1 Å². The SMILES string of the molecule is COc1ccc(Br)cc1CN(C)CN1C(=O)c2ccccc2C1=O. The van der Waals surface area contributed by atoms with Crippen LogP contribution >= 0.6 is 15.9 Å². The third kappa shape index (κ3) is 3.07. The van der Waals surface area contributed by atoms with Gasteiger partial charge < -0.3 is 4.74 Å². The number of nitrogens with zero attached hydrogens (tertiary/aromatic N) is 2. The molecule has 2 amide bonds. The van der Waals surface area contributed by atoms with Crippen molar-refractivity contribution < 1.29 is 14.3 Å². The Morgan fingerprint density at radius 3 is 2.29 bits per heavy atom. The number of hydrogen-bond acceptors (Lipinski definition) is 4. The molecule has 0 atom stereocenters. The summed E-state index contributed by atoms with van der Waals surface area (Å²) in [4.78, 5) is 28.0. The van der Waals surface area contributed by atoms with Gasteiger partial charge in [0.1, 0.15) is 5.75 Å². The lowest BCUT2D eigenvalue weighted by Crippen LogP contribution is -2.39. The van der Waals surface area contributed by atoms with Gasteiger partial charge in [-0.2, -0.15) is 0 Å². The topological polar surface area (TPSA) is 49.9 Å². The van der Waals surface area contributed by atoms with Crippen molar-refractivity contribution in [3.05, 3.63) is 63.6 Å². The number of methoxy groups -OCH3 is 1. The van der Waals surface area contributed by atoms with Crippen molar-refractivity contribution in [2.75, 3.05) is 20.8 Å². The Hall–Kier alpha value is -2.18. The molecule has 5 nitrogen and oxygen atoms in total. The van der Waals surface area contributed by atoms with E-state index in [-0.39, 0.29) is 18.5 Å². The minimum atomic E-state index is -0.247. The van der Waals surface area contributed by atoms with Crippen molar-refractivity contribution in [3.8, 4) is 5.75 Å². The lowest BCUT2D eigenvalue weighted by atomic mass is 10.1. The largest absolute Gasteiger partial charge is 0.496 e. The number of hydrogen-bond donors (Lipinski definition) is 0. The van der Waals surface area contributed by atoms with Crippen LogP contribution in [0.1, 0.15) is 26.3 Å². The third-order valence-electron chi connectivity index (χ3n) is 3.94. The summed E-state index contributed by atoms with van der Waals surface area (Å²) in [6.45, 7) is 0.776. The first-order chi connectivity index (χ1) is 11.5. The first kappa shape index (κ1) is 16.7. The van der Waals surface area contributed by atoms with Crippen molar-refractivity contribution >= 4 is 27.7 Å². The summed E-state index contributed by atoms with van der Waals surface area (Å²) >= 11 is 3.45. The number of imide groups is 1. The molecule has 2 aromatic carbocycles. The van der Waals surface area contributed by atoms with E-state index in [0.717, 1.165) is 15.8 Å². The number of fused-ring (bicyclic) bond motifs is 1. The molecule has 1 aliphatic rings. The molecule has 0 unspecified atom stereocenters. The Morgan fingerprint density at radius 1 is 1.08 bits per heavy atom. The van der Waals surface area contributed by atoms with E-state index in [1.54, 1.807) is 31.4 Å². The Balaban J connectivity index is 1.75. The summed E-state index contributed by atoms with van der Waals surface area (Å²) in [7, 11) is 3.49. The van der Waals surface area contributed by atoms with Crippen LogP contribution in [0.4, 0.5) is 0 Å². The Kier molecular flexibility index (Phi) is 4.69. The van der Waals surface area contributed by atoms with Gasteiger partial charge in [0.2, 0.25) is 0 Å². The number of amides is 2. The minimum absolute atomic E-state index is 0.224. The van der Waals surface area contributed by atoms with Crippen molar-refractivity contribution in [1.82, 2.24) is 9.80 Å². The fourth-order valence-electron chi connectivity index (χ4n) is 2.82. The lowest BCUT2D eigenvalue weighted by Gasteiger charge is -2.23. The van der Waals surface area contributed by atoms with E-state index in [4.69, 9.17) is 4.74 Å². The van der Waals surface area contributed by atoms with Gasteiger partial charge in [-0.3, -0.25) is 19.4 Å². The quantitative estimate of drug-likeness (QED) is 0.738. The third-order valence-corrected chi connectivity index (χ3v) is 4.44. The van der Waals surface area contributed by atoms with Crippen molar-refractivity contribution in [3.63, 3.8) is 0 Å². The molecule has 0 spiro atoms. The molecule has 1 heterocycles. The first-order valence-electron chi connectivity index (χ1n) is 7.47. The van der Waals surface area contributed by atoms with E-state index in [9.17, 15) is 9.59 Å². The zero-order chi connectivity index (χ0) is 17.3. The molecule has 1 aliphatic heterocycles. The number of carbonyl (C=O) groups is 2. The average Bonchev–Trinajstić information content (AvgIpc) is 2.80. The van der Waals surface area contributed by atoms with Gasteiger partial charge in [-0.05, 0) is 37.4 Å². The molecule has 0 fully saturated rings. The molecule has 6 heteroatoms. The van der Waals surface area contributed by atoms with Gasteiger partial charge in [0.25, 0.3) is 11.8 Å². The van der Waals surface area contributed by atoms with Gasteiger partial charge in [0.15, 0.2) is 0 Å². The van der Waals surface area contributed by atoms with E-state index in [1.807, 2.05) is 30.1 Å². The predicted octanol–water partition coefficient (Wildman–Crippen LogP) is 3.14.